The summed E-state index contributed by atoms with van der Waals surface area (Å²) in [5, 5.41) is 9.81. The molecular formula is C26H23BrN4O3S. The van der Waals surface area contributed by atoms with Crippen LogP contribution in [0.25, 0.3) is 11.3 Å². The molecule has 2 N–H and O–H groups in total. The van der Waals surface area contributed by atoms with E-state index < -0.39 is 0 Å². The summed E-state index contributed by atoms with van der Waals surface area (Å²) in [4.78, 5) is 16.9. The number of ether oxygens (including phenoxy) is 2. The number of nitrogens with one attached hydrogen (secondary N) is 2. The molecule has 0 fully saturated rings. The Labute approximate surface area is 216 Å². The van der Waals surface area contributed by atoms with Gasteiger partial charge in [0, 0.05) is 26.7 Å². The van der Waals surface area contributed by atoms with Gasteiger partial charge in [-0.3, -0.25) is 10.2 Å². The highest BCUT2D eigenvalue weighted by Gasteiger charge is 2.12. The first-order chi connectivity index (χ1) is 17.0. The van der Waals surface area contributed by atoms with Gasteiger partial charge in [-0.15, -0.1) is 11.3 Å². The molecule has 9 heteroatoms. The number of halogens is 1. The van der Waals surface area contributed by atoms with Crippen LogP contribution in [0.4, 0.5) is 10.8 Å². The summed E-state index contributed by atoms with van der Waals surface area (Å²) in [6.45, 7) is 1.78. The van der Waals surface area contributed by atoms with Gasteiger partial charge in [0.05, 0.1) is 19.0 Å². The molecular weight excluding hydrogens is 528 g/mol. The van der Waals surface area contributed by atoms with Crippen molar-refractivity contribution in [3.05, 3.63) is 87.7 Å². The van der Waals surface area contributed by atoms with E-state index in [-0.39, 0.29) is 12.5 Å². The van der Waals surface area contributed by atoms with E-state index >= 15 is 0 Å². The fraction of sp³-hybridized carbons (Fsp3) is 0.115. The van der Waals surface area contributed by atoms with Gasteiger partial charge in [0.15, 0.2) is 18.1 Å². The van der Waals surface area contributed by atoms with Crippen LogP contribution in [-0.4, -0.2) is 30.8 Å². The first kappa shape index (κ1) is 24.4. The van der Waals surface area contributed by atoms with Crippen molar-refractivity contribution in [2.24, 2.45) is 5.10 Å². The van der Waals surface area contributed by atoms with Gasteiger partial charge in [0.25, 0.3) is 5.91 Å². The summed E-state index contributed by atoms with van der Waals surface area (Å²) in [7, 11) is 1.54. The van der Waals surface area contributed by atoms with Crippen molar-refractivity contribution in [3.63, 3.8) is 0 Å². The zero-order valence-electron chi connectivity index (χ0n) is 19.1. The van der Waals surface area contributed by atoms with Crippen molar-refractivity contribution in [1.29, 1.82) is 0 Å². The quantitative estimate of drug-likeness (QED) is 0.187. The van der Waals surface area contributed by atoms with Gasteiger partial charge >= 0.3 is 0 Å². The fourth-order valence-corrected chi connectivity index (χ4v) is 4.28. The SMILES string of the molecule is COc1cc(C=NNc2nc(-c3ccccc3)cs2)c(Br)cc1OCC(=O)Nc1ccccc1C. The smallest absolute Gasteiger partial charge is 0.262 e. The average Bonchev–Trinajstić information content (AvgIpc) is 3.35. The molecule has 0 aliphatic heterocycles. The number of hydrogen-bond acceptors (Lipinski definition) is 7. The van der Waals surface area contributed by atoms with E-state index in [0.29, 0.717) is 16.6 Å². The lowest BCUT2D eigenvalue weighted by atomic mass is 10.2. The lowest BCUT2D eigenvalue weighted by Crippen LogP contribution is -2.20. The van der Waals surface area contributed by atoms with Crippen LogP contribution in [-0.2, 0) is 4.79 Å². The minimum Gasteiger partial charge on any atom is -0.493 e. The largest absolute Gasteiger partial charge is 0.493 e. The van der Waals surface area contributed by atoms with Crippen LogP contribution in [0.2, 0.25) is 0 Å². The summed E-state index contributed by atoms with van der Waals surface area (Å²) >= 11 is 5.01. The van der Waals surface area contributed by atoms with E-state index in [1.807, 2.05) is 66.9 Å². The first-order valence-corrected chi connectivity index (χ1v) is 12.4. The third-order valence-corrected chi connectivity index (χ3v) is 6.43. The van der Waals surface area contributed by atoms with Gasteiger partial charge in [0.2, 0.25) is 5.13 Å². The molecule has 0 saturated heterocycles. The predicted octanol–water partition coefficient (Wildman–Crippen LogP) is 6.35. The maximum absolute atomic E-state index is 12.3. The number of aryl methyl sites for hydroxylation is 1. The van der Waals surface area contributed by atoms with E-state index in [1.54, 1.807) is 25.5 Å². The maximum atomic E-state index is 12.3. The second-order valence-corrected chi connectivity index (χ2v) is 9.16. The van der Waals surface area contributed by atoms with E-state index in [2.05, 4.69) is 36.8 Å². The summed E-state index contributed by atoms with van der Waals surface area (Å²) in [6.07, 6.45) is 1.66. The molecule has 1 heterocycles. The number of rotatable bonds is 9. The van der Waals surface area contributed by atoms with E-state index in [9.17, 15) is 4.79 Å². The molecule has 0 saturated carbocycles. The van der Waals surface area contributed by atoms with Crippen molar-refractivity contribution in [1.82, 2.24) is 4.98 Å². The minimum atomic E-state index is -0.259. The number of amides is 1. The van der Waals surface area contributed by atoms with Crippen molar-refractivity contribution < 1.29 is 14.3 Å². The molecule has 7 nitrogen and oxygen atoms in total. The first-order valence-electron chi connectivity index (χ1n) is 10.7. The predicted molar refractivity (Wildman–Crippen MR) is 145 cm³/mol. The molecule has 35 heavy (non-hydrogen) atoms. The van der Waals surface area contributed by atoms with Crippen LogP contribution in [0.3, 0.4) is 0 Å². The van der Waals surface area contributed by atoms with Crippen molar-refractivity contribution in [2.45, 2.75) is 6.92 Å². The van der Waals surface area contributed by atoms with Gasteiger partial charge < -0.3 is 14.8 Å². The standard InChI is InChI=1S/C26H23BrN4O3S/c1-17-8-6-7-11-21(17)29-25(32)15-34-24-13-20(27)19(12-23(24)33-2)14-28-31-26-30-22(16-35-26)18-9-4-3-5-10-18/h3-14,16H,15H2,1-2H3,(H,29,32)(H,30,31). The van der Waals surface area contributed by atoms with E-state index in [4.69, 9.17) is 9.47 Å². The van der Waals surface area contributed by atoms with Crippen LogP contribution in [0.15, 0.2) is 81.7 Å². The Balaban J connectivity index is 1.38. The Kier molecular flexibility index (Phi) is 8.12. The van der Waals surface area contributed by atoms with Crippen LogP contribution in [0, 0.1) is 6.92 Å². The Morgan fingerprint density at radius 3 is 2.66 bits per heavy atom. The molecule has 0 aliphatic carbocycles. The van der Waals surface area contributed by atoms with E-state index in [0.717, 1.165) is 32.5 Å². The number of hydrazone groups is 1. The number of carbonyl (C=O) groups excluding carboxylic acids is 1. The van der Waals surface area contributed by atoms with Gasteiger partial charge in [0.1, 0.15) is 0 Å². The molecule has 0 atom stereocenters. The fourth-order valence-electron chi connectivity index (χ4n) is 3.19. The molecule has 1 amide bonds. The van der Waals surface area contributed by atoms with Gasteiger partial charge in [-0.1, -0.05) is 48.5 Å². The van der Waals surface area contributed by atoms with Crippen LogP contribution in [0.1, 0.15) is 11.1 Å². The maximum Gasteiger partial charge on any atom is 0.262 e. The zero-order chi connectivity index (χ0) is 24.6. The summed E-state index contributed by atoms with van der Waals surface area (Å²) in [5.41, 5.74) is 7.41. The highest BCUT2D eigenvalue weighted by Crippen LogP contribution is 2.33. The molecule has 0 aliphatic rings. The number of thiazole rings is 1. The molecule has 0 radical (unpaired) electrons. The minimum absolute atomic E-state index is 0.153. The molecule has 3 aromatic carbocycles. The summed E-state index contributed by atoms with van der Waals surface area (Å²) in [5.74, 6) is 0.668. The highest BCUT2D eigenvalue weighted by atomic mass is 79.9. The highest BCUT2D eigenvalue weighted by molar-refractivity contribution is 9.10. The normalized spacial score (nSPS) is 10.8. The molecule has 4 rings (SSSR count). The summed E-state index contributed by atoms with van der Waals surface area (Å²) in [6, 6.07) is 21.1. The van der Waals surface area contributed by atoms with Gasteiger partial charge in [-0.2, -0.15) is 5.10 Å². The van der Waals surface area contributed by atoms with Crippen LogP contribution < -0.4 is 20.2 Å². The molecule has 0 spiro atoms. The average molecular weight is 551 g/mol. The van der Waals surface area contributed by atoms with Crippen molar-refractivity contribution >= 4 is 50.2 Å². The molecule has 0 bridgehead atoms. The second-order valence-electron chi connectivity index (χ2n) is 7.45. The topological polar surface area (TPSA) is 84.8 Å². The Bertz CT molecular complexity index is 1340. The van der Waals surface area contributed by atoms with Gasteiger partial charge in [-0.05, 0) is 46.6 Å². The number of anilines is 2. The molecule has 0 unspecified atom stereocenters. The van der Waals surface area contributed by atoms with Crippen LogP contribution in [0.5, 0.6) is 11.5 Å². The number of methoxy groups -OCH3 is 1. The van der Waals surface area contributed by atoms with Gasteiger partial charge in [-0.25, -0.2) is 4.98 Å². The lowest BCUT2D eigenvalue weighted by molar-refractivity contribution is -0.118. The van der Waals surface area contributed by atoms with Crippen LogP contribution >= 0.6 is 27.3 Å². The Hall–Kier alpha value is -3.69. The van der Waals surface area contributed by atoms with Crippen molar-refractivity contribution in [2.75, 3.05) is 24.5 Å². The number of nitrogens with zero attached hydrogens (tertiary/aromatic N) is 2. The number of benzene rings is 3. The van der Waals surface area contributed by atoms with Crippen molar-refractivity contribution in [3.8, 4) is 22.8 Å². The third-order valence-electron chi connectivity index (χ3n) is 5.00. The number of carbonyl (C=O) groups is 1. The number of aromatic nitrogens is 1. The zero-order valence-corrected chi connectivity index (χ0v) is 21.5. The number of para-hydroxylation sites is 1. The third kappa shape index (κ3) is 6.46. The molecule has 4 aromatic rings. The second kappa shape index (κ2) is 11.6. The monoisotopic (exact) mass is 550 g/mol. The summed E-state index contributed by atoms with van der Waals surface area (Å²) < 4.78 is 11.9. The Morgan fingerprint density at radius 2 is 1.89 bits per heavy atom. The molecule has 1 aromatic heterocycles. The number of hydrogen-bond donors (Lipinski definition) is 2. The lowest BCUT2D eigenvalue weighted by Gasteiger charge is -2.13. The Morgan fingerprint density at radius 1 is 1.11 bits per heavy atom. The molecule has 178 valence electrons. The van der Waals surface area contributed by atoms with E-state index in [1.165, 1.54) is 11.3 Å².